The number of carbonyl (C=O) groups is 2. The Labute approximate surface area is 122 Å². The molecule has 1 aliphatic rings. The first kappa shape index (κ1) is 20.4. The monoisotopic (exact) mass is 359 g/mol. The van der Waals surface area contributed by atoms with Crippen LogP contribution < -0.4 is 0 Å². The van der Waals surface area contributed by atoms with Gasteiger partial charge in [-0.2, -0.15) is 0 Å². The SMILES string of the molecule is CN(C)C(ON1C(=O)CCC1=O)=[N+](C)C.F[P-](F)(F)(F)(F)F. The molecule has 1 aliphatic heterocycles. The Morgan fingerprint density at radius 1 is 1.05 bits per heavy atom. The molecular weight excluding hydrogens is 343 g/mol. The molecule has 0 atom stereocenters. The van der Waals surface area contributed by atoms with E-state index in [0.29, 0.717) is 6.02 Å². The number of carbonyl (C=O) groups excluding carboxylic acids is 2. The molecule has 0 spiro atoms. The number of rotatable bonds is 1. The van der Waals surface area contributed by atoms with Crippen LogP contribution in [0.15, 0.2) is 0 Å². The van der Waals surface area contributed by atoms with Crippen LogP contribution in [0.1, 0.15) is 12.8 Å². The van der Waals surface area contributed by atoms with Crippen LogP contribution in [0.3, 0.4) is 0 Å². The molecule has 0 saturated carbocycles. The normalized spacial score (nSPS) is 18.0. The summed E-state index contributed by atoms with van der Waals surface area (Å²) >= 11 is 0. The van der Waals surface area contributed by atoms with Gasteiger partial charge in [0.25, 0.3) is 11.8 Å². The van der Waals surface area contributed by atoms with Gasteiger partial charge in [-0.05, 0) is 0 Å². The van der Waals surface area contributed by atoms with Crippen LogP contribution in [0.5, 0.6) is 0 Å². The number of halogens is 6. The summed E-state index contributed by atoms with van der Waals surface area (Å²) < 4.78 is 60.9. The summed E-state index contributed by atoms with van der Waals surface area (Å²) in [6.07, 6.45) is 0.458. The minimum atomic E-state index is -10.7. The summed E-state index contributed by atoms with van der Waals surface area (Å²) in [7, 11) is -3.54. The average Bonchev–Trinajstić information content (AvgIpc) is 2.50. The molecule has 0 bridgehead atoms. The first-order chi connectivity index (χ1) is 9.38. The molecule has 0 radical (unpaired) electrons. The summed E-state index contributed by atoms with van der Waals surface area (Å²) in [5.41, 5.74) is 0. The molecule has 0 aromatic rings. The van der Waals surface area contributed by atoms with Gasteiger partial charge in [0.15, 0.2) is 0 Å². The van der Waals surface area contributed by atoms with E-state index in [1.54, 1.807) is 37.7 Å². The fraction of sp³-hybridized carbons (Fsp3) is 0.667. The number of amides is 2. The minimum absolute atomic E-state index is 0.229. The topological polar surface area (TPSA) is 52.9 Å². The number of hydrogen-bond acceptors (Lipinski definition) is 3. The molecule has 6 nitrogen and oxygen atoms in total. The van der Waals surface area contributed by atoms with E-state index in [9.17, 15) is 34.8 Å². The van der Waals surface area contributed by atoms with Crippen molar-refractivity contribution in [1.82, 2.24) is 9.96 Å². The van der Waals surface area contributed by atoms with E-state index in [-0.39, 0.29) is 24.7 Å². The number of imide groups is 1. The van der Waals surface area contributed by atoms with Gasteiger partial charge in [-0.15, -0.1) is 0 Å². The molecule has 0 unspecified atom stereocenters. The van der Waals surface area contributed by atoms with Crippen molar-refractivity contribution in [3.05, 3.63) is 0 Å². The summed E-state index contributed by atoms with van der Waals surface area (Å²) in [5, 5.41) is 0.829. The molecule has 132 valence electrons. The summed E-state index contributed by atoms with van der Waals surface area (Å²) in [6.45, 7) is 0. The molecule has 1 rings (SSSR count). The maximum atomic E-state index is 11.3. The third kappa shape index (κ3) is 10.2. The molecular formula is C9H16F6N3O3P. The predicted octanol–water partition coefficient (Wildman–Crippen LogP) is 2.64. The van der Waals surface area contributed by atoms with Crippen molar-refractivity contribution in [3.8, 4) is 0 Å². The van der Waals surface area contributed by atoms with Gasteiger partial charge in [-0.1, -0.05) is 5.06 Å². The van der Waals surface area contributed by atoms with Crippen molar-refractivity contribution >= 4 is 25.6 Å². The fourth-order valence-electron chi connectivity index (χ4n) is 1.30. The molecule has 0 N–H and O–H groups in total. The number of amidine groups is 1. The quantitative estimate of drug-likeness (QED) is 0.180. The summed E-state index contributed by atoms with van der Waals surface area (Å²) in [6, 6.07) is 0.443. The molecule has 0 aromatic carbocycles. The molecule has 0 aliphatic carbocycles. The van der Waals surface area contributed by atoms with Gasteiger partial charge in [0.05, 0.1) is 28.2 Å². The van der Waals surface area contributed by atoms with E-state index in [2.05, 4.69) is 0 Å². The zero-order valence-corrected chi connectivity index (χ0v) is 13.1. The van der Waals surface area contributed by atoms with Crippen LogP contribution in [0.2, 0.25) is 0 Å². The Morgan fingerprint density at radius 2 is 1.36 bits per heavy atom. The van der Waals surface area contributed by atoms with Crippen LogP contribution in [0, 0.1) is 0 Å². The first-order valence-electron chi connectivity index (χ1n) is 5.70. The first-order valence-corrected chi connectivity index (χ1v) is 7.73. The van der Waals surface area contributed by atoms with Gasteiger partial charge in [0, 0.05) is 12.8 Å². The second-order valence-electron chi connectivity index (χ2n) is 4.70. The van der Waals surface area contributed by atoms with Gasteiger partial charge in [-0.3, -0.25) is 14.4 Å². The van der Waals surface area contributed by atoms with E-state index in [1.807, 2.05) is 0 Å². The Kier molecular flexibility index (Phi) is 5.16. The third-order valence-electron chi connectivity index (χ3n) is 1.94. The standard InChI is InChI=1S/C9H16N3O3.F6P/c1-10(2)9(11(3)4)15-12-7(13)5-6-8(12)14;1-7(2,3,4,5)6/h5-6H2,1-4H3;/q+1;-1. The Hall–Kier alpha value is -1.58. The summed E-state index contributed by atoms with van der Waals surface area (Å²) in [4.78, 5) is 29.5. The molecule has 22 heavy (non-hydrogen) atoms. The maximum absolute atomic E-state index is 11.3. The van der Waals surface area contributed by atoms with Crippen molar-refractivity contribution in [2.75, 3.05) is 28.2 Å². The van der Waals surface area contributed by atoms with Crippen molar-refractivity contribution in [3.63, 3.8) is 0 Å². The zero-order chi connectivity index (χ0) is 18.0. The molecule has 2 amide bonds. The van der Waals surface area contributed by atoms with E-state index in [4.69, 9.17) is 4.84 Å². The van der Waals surface area contributed by atoms with E-state index >= 15 is 0 Å². The van der Waals surface area contributed by atoms with Crippen LogP contribution in [-0.4, -0.2) is 60.6 Å². The molecule has 1 fully saturated rings. The van der Waals surface area contributed by atoms with E-state index in [1.165, 1.54) is 0 Å². The number of hydroxylamine groups is 2. The van der Waals surface area contributed by atoms with Gasteiger partial charge in [0.2, 0.25) is 0 Å². The molecule has 0 aromatic heterocycles. The Morgan fingerprint density at radius 3 is 1.59 bits per heavy atom. The van der Waals surface area contributed by atoms with Crippen LogP contribution in [-0.2, 0) is 14.4 Å². The van der Waals surface area contributed by atoms with Gasteiger partial charge < -0.3 is 0 Å². The molecule has 1 heterocycles. The van der Waals surface area contributed by atoms with Crippen LogP contribution >= 0.6 is 7.81 Å². The van der Waals surface area contributed by atoms with Crippen molar-refractivity contribution in [2.24, 2.45) is 0 Å². The summed E-state index contributed by atoms with van der Waals surface area (Å²) in [5.74, 6) is -0.581. The Balaban J connectivity index is 0.000000534. The van der Waals surface area contributed by atoms with E-state index < -0.39 is 7.81 Å². The van der Waals surface area contributed by atoms with Crippen molar-refractivity contribution < 1.29 is 44.2 Å². The van der Waals surface area contributed by atoms with Gasteiger partial charge in [0.1, 0.15) is 0 Å². The Bertz CT molecular complexity index is 470. The average molecular weight is 359 g/mol. The van der Waals surface area contributed by atoms with Crippen molar-refractivity contribution in [1.29, 1.82) is 0 Å². The molecule has 13 heteroatoms. The van der Waals surface area contributed by atoms with Crippen LogP contribution in [0.25, 0.3) is 0 Å². The van der Waals surface area contributed by atoms with Crippen molar-refractivity contribution in [2.45, 2.75) is 12.8 Å². The van der Waals surface area contributed by atoms with E-state index in [0.717, 1.165) is 5.06 Å². The zero-order valence-electron chi connectivity index (χ0n) is 12.2. The predicted molar refractivity (Wildman–Crippen MR) is 66.5 cm³/mol. The molecule has 1 saturated heterocycles. The number of hydrogen-bond donors (Lipinski definition) is 0. The van der Waals surface area contributed by atoms with Gasteiger partial charge in [-0.25, -0.2) is 9.48 Å². The second kappa shape index (κ2) is 5.56. The van der Waals surface area contributed by atoms with Crippen LogP contribution in [0.4, 0.5) is 25.2 Å². The second-order valence-corrected chi connectivity index (χ2v) is 6.62. The fourth-order valence-corrected chi connectivity index (χ4v) is 1.30. The van der Waals surface area contributed by atoms with Gasteiger partial charge >= 0.3 is 39.0 Å². The third-order valence-corrected chi connectivity index (χ3v) is 1.94. The number of nitrogens with zero attached hydrogens (tertiary/aromatic N) is 3.